The molecule has 1 aliphatic heterocycles. The van der Waals surface area contributed by atoms with Gasteiger partial charge in [-0.1, -0.05) is 12.5 Å². The van der Waals surface area contributed by atoms with Crippen LogP contribution >= 0.6 is 0 Å². The number of fused-ring (bicyclic) bond motifs is 1. The number of rotatable bonds is 3. The summed E-state index contributed by atoms with van der Waals surface area (Å²) in [4.78, 5) is 2.58. The Morgan fingerprint density at radius 1 is 1.26 bits per heavy atom. The molecule has 1 N–H and O–H groups in total. The number of hydrogen-bond donors (Lipinski definition) is 1. The maximum absolute atomic E-state index is 9.67. The minimum absolute atomic E-state index is 0.219. The lowest BCUT2D eigenvalue weighted by Gasteiger charge is -2.26. The predicted octanol–water partition coefficient (Wildman–Crippen LogP) is 3.19. The molecule has 0 radical (unpaired) electrons. The van der Waals surface area contributed by atoms with Crippen molar-refractivity contribution in [3.63, 3.8) is 0 Å². The van der Waals surface area contributed by atoms with E-state index in [0.29, 0.717) is 11.8 Å². The highest BCUT2D eigenvalue weighted by atomic mass is 16.5. The molecular formula is C16H23NO2. The second-order valence-corrected chi connectivity index (χ2v) is 6.01. The van der Waals surface area contributed by atoms with E-state index in [1.54, 1.807) is 13.2 Å². The molecule has 1 aromatic rings. The molecule has 19 heavy (non-hydrogen) atoms. The van der Waals surface area contributed by atoms with Crippen molar-refractivity contribution >= 4 is 0 Å². The normalized spacial score (nSPS) is 28.3. The number of methoxy groups -OCH3 is 1. The maximum Gasteiger partial charge on any atom is 0.160 e. The molecule has 3 rings (SSSR count). The van der Waals surface area contributed by atoms with Crippen molar-refractivity contribution in [2.45, 2.75) is 32.2 Å². The second-order valence-electron chi connectivity index (χ2n) is 6.01. The van der Waals surface area contributed by atoms with Crippen molar-refractivity contribution in [1.29, 1.82) is 0 Å². The third-order valence-corrected chi connectivity index (χ3v) is 4.99. The first-order valence-corrected chi connectivity index (χ1v) is 7.30. The molecule has 1 aromatic carbocycles. The van der Waals surface area contributed by atoms with Gasteiger partial charge in [-0.2, -0.15) is 0 Å². The van der Waals surface area contributed by atoms with Gasteiger partial charge in [0.2, 0.25) is 0 Å². The van der Waals surface area contributed by atoms with E-state index in [1.165, 1.54) is 37.9 Å². The van der Waals surface area contributed by atoms with Gasteiger partial charge in [-0.3, -0.25) is 4.90 Å². The van der Waals surface area contributed by atoms with Crippen molar-refractivity contribution in [2.24, 2.45) is 11.8 Å². The van der Waals surface area contributed by atoms with E-state index in [1.807, 2.05) is 12.1 Å². The number of likely N-dealkylation sites (tertiary alicyclic amines) is 1. The Bertz CT molecular complexity index is 448. The molecule has 3 unspecified atom stereocenters. The molecule has 0 spiro atoms. The van der Waals surface area contributed by atoms with E-state index in [-0.39, 0.29) is 5.75 Å². The fourth-order valence-corrected chi connectivity index (χ4v) is 3.75. The molecule has 1 saturated carbocycles. The van der Waals surface area contributed by atoms with Crippen molar-refractivity contribution in [3.8, 4) is 11.5 Å². The molecule has 1 heterocycles. The molecule has 0 bridgehead atoms. The molecule has 2 fully saturated rings. The minimum atomic E-state index is 0.219. The molecule has 2 aliphatic rings. The molecule has 0 amide bonds. The van der Waals surface area contributed by atoms with Crippen LogP contribution in [0.1, 0.15) is 37.8 Å². The van der Waals surface area contributed by atoms with Gasteiger partial charge in [0.1, 0.15) is 0 Å². The van der Waals surface area contributed by atoms with E-state index in [0.717, 1.165) is 11.8 Å². The zero-order chi connectivity index (χ0) is 13.4. The predicted molar refractivity (Wildman–Crippen MR) is 75.5 cm³/mol. The maximum atomic E-state index is 9.67. The molecule has 104 valence electrons. The number of aromatic hydroxyl groups is 1. The van der Waals surface area contributed by atoms with Gasteiger partial charge in [0, 0.05) is 19.1 Å². The Hall–Kier alpha value is -1.22. The largest absolute Gasteiger partial charge is 0.504 e. The lowest BCUT2D eigenvalue weighted by atomic mass is 10.0. The number of nitrogens with zero attached hydrogens (tertiary/aromatic N) is 1. The summed E-state index contributed by atoms with van der Waals surface area (Å²) in [6.07, 6.45) is 4.24. The lowest BCUT2D eigenvalue weighted by Crippen LogP contribution is -2.25. The average molecular weight is 261 g/mol. The summed E-state index contributed by atoms with van der Waals surface area (Å²) in [7, 11) is 1.60. The number of phenols is 1. The third kappa shape index (κ3) is 2.32. The van der Waals surface area contributed by atoms with Crippen LogP contribution in [0.15, 0.2) is 18.2 Å². The van der Waals surface area contributed by atoms with Crippen LogP contribution in [0.4, 0.5) is 0 Å². The summed E-state index contributed by atoms with van der Waals surface area (Å²) in [5, 5.41) is 9.67. The van der Waals surface area contributed by atoms with Gasteiger partial charge < -0.3 is 9.84 Å². The number of hydrogen-bond acceptors (Lipinski definition) is 3. The summed E-state index contributed by atoms with van der Waals surface area (Å²) in [6, 6.07) is 6.12. The molecule has 3 nitrogen and oxygen atoms in total. The standard InChI is InChI=1S/C16H23NO2/c1-11(12-6-7-15(18)16(8-12)19-2)17-9-13-4-3-5-14(13)10-17/h6-8,11,13-14,18H,3-5,9-10H2,1-2H3. The number of phenolic OH excluding ortho intramolecular Hbond substituents is 1. The van der Waals surface area contributed by atoms with Crippen molar-refractivity contribution < 1.29 is 9.84 Å². The highest BCUT2D eigenvalue weighted by Gasteiger charge is 2.37. The zero-order valence-electron chi connectivity index (χ0n) is 11.8. The first-order valence-electron chi connectivity index (χ1n) is 7.30. The van der Waals surface area contributed by atoms with Gasteiger partial charge in [0.25, 0.3) is 0 Å². The fourth-order valence-electron chi connectivity index (χ4n) is 3.75. The van der Waals surface area contributed by atoms with Gasteiger partial charge in [-0.25, -0.2) is 0 Å². The van der Waals surface area contributed by atoms with Crippen LogP contribution in [0.3, 0.4) is 0 Å². The Kier molecular flexibility index (Phi) is 3.40. The summed E-state index contributed by atoms with van der Waals surface area (Å²) in [5.41, 5.74) is 1.23. The van der Waals surface area contributed by atoms with Gasteiger partial charge in [0.15, 0.2) is 11.5 Å². The van der Waals surface area contributed by atoms with Crippen LogP contribution in [-0.4, -0.2) is 30.2 Å². The molecule has 1 aliphatic carbocycles. The first kappa shape index (κ1) is 12.8. The van der Waals surface area contributed by atoms with Crippen LogP contribution in [0.25, 0.3) is 0 Å². The average Bonchev–Trinajstić information content (AvgIpc) is 2.99. The second kappa shape index (κ2) is 5.04. The highest BCUT2D eigenvalue weighted by molar-refractivity contribution is 5.42. The molecule has 3 atom stereocenters. The van der Waals surface area contributed by atoms with E-state index in [9.17, 15) is 5.11 Å². The lowest BCUT2D eigenvalue weighted by molar-refractivity contribution is 0.241. The minimum Gasteiger partial charge on any atom is -0.504 e. The van der Waals surface area contributed by atoms with Crippen LogP contribution < -0.4 is 4.74 Å². The van der Waals surface area contributed by atoms with Crippen molar-refractivity contribution in [3.05, 3.63) is 23.8 Å². The topological polar surface area (TPSA) is 32.7 Å². The van der Waals surface area contributed by atoms with Gasteiger partial charge in [-0.15, -0.1) is 0 Å². The van der Waals surface area contributed by atoms with Crippen LogP contribution in [0.5, 0.6) is 11.5 Å². The Balaban J connectivity index is 1.75. The summed E-state index contributed by atoms with van der Waals surface area (Å²) >= 11 is 0. The Labute approximate surface area is 115 Å². The quantitative estimate of drug-likeness (QED) is 0.907. The molecule has 3 heteroatoms. The number of benzene rings is 1. The Morgan fingerprint density at radius 2 is 1.95 bits per heavy atom. The Morgan fingerprint density at radius 3 is 2.58 bits per heavy atom. The van der Waals surface area contributed by atoms with Crippen molar-refractivity contribution in [1.82, 2.24) is 4.90 Å². The smallest absolute Gasteiger partial charge is 0.160 e. The monoisotopic (exact) mass is 261 g/mol. The highest BCUT2D eigenvalue weighted by Crippen LogP contribution is 2.41. The molecular weight excluding hydrogens is 238 g/mol. The van der Waals surface area contributed by atoms with E-state index >= 15 is 0 Å². The van der Waals surface area contributed by atoms with E-state index < -0.39 is 0 Å². The van der Waals surface area contributed by atoms with Crippen LogP contribution in [0, 0.1) is 11.8 Å². The number of ether oxygens (including phenoxy) is 1. The third-order valence-electron chi connectivity index (χ3n) is 4.99. The van der Waals surface area contributed by atoms with Gasteiger partial charge in [-0.05, 0) is 49.3 Å². The van der Waals surface area contributed by atoms with Gasteiger partial charge in [0.05, 0.1) is 7.11 Å². The van der Waals surface area contributed by atoms with Crippen molar-refractivity contribution in [2.75, 3.05) is 20.2 Å². The van der Waals surface area contributed by atoms with E-state index in [2.05, 4.69) is 11.8 Å². The van der Waals surface area contributed by atoms with Crippen LogP contribution in [-0.2, 0) is 0 Å². The van der Waals surface area contributed by atoms with E-state index in [4.69, 9.17) is 4.74 Å². The molecule has 0 aromatic heterocycles. The zero-order valence-corrected chi connectivity index (χ0v) is 11.8. The fraction of sp³-hybridized carbons (Fsp3) is 0.625. The molecule has 1 saturated heterocycles. The summed E-state index contributed by atoms with van der Waals surface area (Å²) in [6.45, 7) is 4.72. The SMILES string of the molecule is COc1cc(C(C)N2CC3CCCC3C2)ccc1O. The van der Waals surface area contributed by atoms with Crippen LogP contribution in [0.2, 0.25) is 0 Å². The van der Waals surface area contributed by atoms with Gasteiger partial charge >= 0.3 is 0 Å². The summed E-state index contributed by atoms with van der Waals surface area (Å²) in [5.74, 6) is 2.63. The summed E-state index contributed by atoms with van der Waals surface area (Å²) < 4.78 is 5.20. The first-order chi connectivity index (χ1) is 9.19.